The summed E-state index contributed by atoms with van der Waals surface area (Å²) in [5, 5.41) is 0. The van der Waals surface area contributed by atoms with Gasteiger partial charge in [-0.3, -0.25) is 4.79 Å². The lowest BCUT2D eigenvalue weighted by molar-refractivity contribution is -0.146. The lowest BCUT2D eigenvalue weighted by Crippen LogP contribution is -2.39. The molecule has 1 aliphatic carbocycles. The van der Waals surface area contributed by atoms with Gasteiger partial charge in [0.25, 0.3) is 0 Å². The Kier molecular flexibility index (Phi) is 3.79. The second-order valence-electron chi connectivity index (χ2n) is 4.89. The minimum Gasteiger partial charge on any atom is -0.461 e. The van der Waals surface area contributed by atoms with Crippen LogP contribution in [0, 0.1) is 0 Å². The summed E-state index contributed by atoms with van der Waals surface area (Å²) in [5.41, 5.74) is 6.83. The quantitative estimate of drug-likeness (QED) is 0.812. The first-order chi connectivity index (χ1) is 8.18. The number of carbonyl (C=O) groups is 1. The van der Waals surface area contributed by atoms with Gasteiger partial charge in [0.2, 0.25) is 0 Å². The summed E-state index contributed by atoms with van der Waals surface area (Å²) in [4.78, 5) is 11.7. The normalized spacial score (nSPS) is 17.9. The molecule has 0 aliphatic heterocycles. The molecular weight excluding hydrogens is 214 g/mol. The van der Waals surface area contributed by atoms with E-state index in [4.69, 9.17) is 10.5 Å². The van der Waals surface area contributed by atoms with E-state index in [2.05, 4.69) is 0 Å². The van der Waals surface area contributed by atoms with Crippen molar-refractivity contribution in [3.05, 3.63) is 35.9 Å². The van der Waals surface area contributed by atoms with E-state index in [1.165, 1.54) is 0 Å². The van der Waals surface area contributed by atoms with E-state index < -0.39 is 0 Å². The molecule has 1 fully saturated rings. The topological polar surface area (TPSA) is 52.3 Å². The number of esters is 1. The van der Waals surface area contributed by atoms with Gasteiger partial charge in [0.15, 0.2) is 0 Å². The highest BCUT2D eigenvalue weighted by Gasteiger charge is 2.32. The molecule has 0 aromatic heterocycles. The largest absolute Gasteiger partial charge is 0.461 e. The Hall–Kier alpha value is -1.35. The molecule has 92 valence electrons. The van der Waals surface area contributed by atoms with Crippen molar-refractivity contribution in [2.75, 3.05) is 0 Å². The van der Waals surface area contributed by atoms with Crippen LogP contribution < -0.4 is 5.73 Å². The average molecular weight is 233 g/mol. The molecule has 3 nitrogen and oxygen atoms in total. The number of ether oxygens (including phenoxy) is 1. The molecule has 1 aliphatic rings. The number of carbonyl (C=O) groups excluding carboxylic acids is 1. The standard InChI is InChI=1S/C14H19NO2/c15-14(8-4-5-9-14)10-13(16)17-11-12-6-2-1-3-7-12/h1-3,6-7H,4-5,8-11,15H2. The third kappa shape index (κ3) is 3.56. The van der Waals surface area contributed by atoms with Crippen molar-refractivity contribution in [1.29, 1.82) is 0 Å². The molecule has 0 radical (unpaired) electrons. The molecule has 0 heterocycles. The molecule has 3 heteroatoms. The van der Waals surface area contributed by atoms with Crippen molar-refractivity contribution >= 4 is 5.97 Å². The van der Waals surface area contributed by atoms with E-state index in [0.29, 0.717) is 13.0 Å². The highest BCUT2D eigenvalue weighted by Crippen LogP contribution is 2.30. The van der Waals surface area contributed by atoms with Gasteiger partial charge in [0.1, 0.15) is 6.61 Å². The predicted octanol–water partition coefficient (Wildman–Crippen LogP) is 2.39. The molecule has 0 bridgehead atoms. The summed E-state index contributed by atoms with van der Waals surface area (Å²) in [5.74, 6) is -0.182. The molecule has 0 saturated heterocycles. The van der Waals surface area contributed by atoms with Crippen LogP contribution in [0.15, 0.2) is 30.3 Å². The molecule has 0 atom stereocenters. The molecular formula is C14H19NO2. The first kappa shape index (κ1) is 12.1. The van der Waals surface area contributed by atoms with Gasteiger partial charge in [0, 0.05) is 5.54 Å². The lowest BCUT2D eigenvalue weighted by Gasteiger charge is -2.21. The van der Waals surface area contributed by atoms with Gasteiger partial charge in [-0.25, -0.2) is 0 Å². The summed E-state index contributed by atoms with van der Waals surface area (Å²) in [6.45, 7) is 0.343. The fourth-order valence-corrected chi connectivity index (χ4v) is 2.33. The summed E-state index contributed by atoms with van der Waals surface area (Å²) < 4.78 is 5.24. The van der Waals surface area contributed by atoms with Crippen molar-refractivity contribution in [2.24, 2.45) is 5.73 Å². The van der Waals surface area contributed by atoms with Crippen molar-refractivity contribution in [3.63, 3.8) is 0 Å². The van der Waals surface area contributed by atoms with E-state index in [1.54, 1.807) is 0 Å². The van der Waals surface area contributed by atoms with Crippen molar-refractivity contribution in [2.45, 2.75) is 44.2 Å². The van der Waals surface area contributed by atoms with Gasteiger partial charge < -0.3 is 10.5 Å². The molecule has 0 spiro atoms. The summed E-state index contributed by atoms with van der Waals surface area (Å²) in [6, 6.07) is 9.70. The molecule has 17 heavy (non-hydrogen) atoms. The lowest BCUT2D eigenvalue weighted by atomic mass is 9.95. The molecule has 0 unspecified atom stereocenters. The van der Waals surface area contributed by atoms with Crippen LogP contribution in [0.4, 0.5) is 0 Å². The fraction of sp³-hybridized carbons (Fsp3) is 0.500. The number of hydrogen-bond donors (Lipinski definition) is 1. The zero-order chi connectivity index (χ0) is 12.1. The van der Waals surface area contributed by atoms with Crippen molar-refractivity contribution in [1.82, 2.24) is 0 Å². The first-order valence-electron chi connectivity index (χ1n) is 6.16. The van der Waals surface area contributed by atoms with E-state index >= 15 is 0 Å². The van der Waals surface area contributed by atoms with Gasteiger partial charge >= 0.3 is 5.97 Å². The van der Waals surface area contributed by atoms with E-state index in [-0.39, 0.29) is 11.5 Å². The van der Waals surface area contributed by atoms with Gasteiger partial charge in [-0.1, -0.05) is 43.2 Å². The molecule has 1 aromatic carbocycles. The van der Waals surface area contributed by atoms with Gasteiger partial charge in [-0.05, 0) is 18.4 Å². The Balaban J connectivity index is 1.78. The number of rotatable bonds is 4. The number of nitrogens with two attached hydrogens (primary N) is 1. The molecule has 2 N–H and O–H groups in total. The van der Waals surface area contributed by atoms with E-state index in [9.17, 15) is 4.79 Å². The monoisotopic (exact) mass is 233 g/mol. The Labute approximate surface area is 102 Å². The average Bonchev–Trinajstić information content (AvgIpc) is 2.74. The van der Waals surface area contributed by atoms with E-state index in [1.807, 2.05) is 30.3 Å². The van der Waals surface area contributed by atoms with Crippen molar-refractivity contribution in [3.8, 4) is 0 Å². The summed E-state index contributed by atoms with van der Waals surface area (Å²) >= 11 is 0. The van der Waals surface area contributed by atoms with Crippen LogP contribution in [-0.4, -0.2) is 11.5 Å². The van der Waals surface area contributed by atoms with Crippen LogP contribution in [0.5, 0.6) is 0 Å². The van der Waals surface area contributed by atoms with Crippen LogP contribution in [0.3, 0.4) is 0 Å². The smallest absolute Gasteiger partial charge is 0.307 e. The summed E-state index contributed by atoms with van der Waals surface area (Å²) in [6.07, 6.45) is 4.48. The summed E-state index contributed by atoms with van der Waals surface area (Å²) in [7, 11) is 0. The van der Waals surface area contributed by atoms with Gasteiger partial charge in [-0.15, -0.1) is 0 Å². The molecule has 1 aromatic rings. The maximum absolute atomic E-state index is 11.7. The maximum atomic E-state index is 11.7. The van der Waals surface area contributed by atoms with Crippen LogP contribution in [0.1, 0.15) is 37.7 Å². The third-order valence-corrected chi connectivity index (χ3v) is 3.34. The highest BCUT2D eigenvalue weighted by molar-refractivity contribution is 5.71. The molecule has 1 saturated carbocycles. The van der Waals surface area contributed by atoms with Crippen LogP contribution in [0.25, 0.3) is 0 Å². The number of hydrogen-bond acceptors (Lipinski definition) is 3. The maximum Gasteiger partial charge on any atom is 0.307 e. The minimum atomic E-state index is -0.312. The Morgan fingerprint density at radius 3 is 2.53 bits per heavy atom. The van der Waals surface area contributed by atoms with Crippen molar-refractivity contribution < 1.29 is 9.53 Å². The predicted molar refractivity (Wildman–Crippen MR) is 66.2 cm³/mol. The number of benzene rings is 1. The Morgan fingerprint density at radius 2 is 1.88 bits per heavy atom. The van der Waals surface area contributed by atoms with Crippen LogP contribution in [-0.2, 0) is 16.1 Å². The Morgan fingerprint density at radius 1 is 1.24 bits per heavy atom. The first-order valence-corrected chi connectivity index (χ1v) is 6.16. The van der Waals surface area contributed by atoms with Gasteiger partial charge in [-0.2, -0.15) is 0 Å². The Bertz CT molecular complexity index is 369. The fourth-order valence-electron chi connectivity index (χ4n) is 2.33. The second kappa shape index (κ2) is 5.32. The molecule has 0 amide bonds. The van der Waals surface area contributed by atoms with Gasteiger partial charge in [0.05, 0.1) is 6.42 Å². The van der Waals surface area contributed by atoms with Crippen LogP contribution in [0.2, 0.25) is 0 Å². The molecule has 2 rings (SSSR count). The van der Waals surface area contributed by atoms with E-state index in [0.717, 1.165) is 31.2 Å². The zero-order valence-electron chi connectivity index (χ0n) is 10.0. The van der Waals surface area contributed by atoms with Crippen LogP contribution >= 0.6 is 0 Å². The SMILES string of the molecule is NC1(CC(=O)OCc2ccccc2)CCCC1. The highest BCUT2D eigenvalue weighted by atomic mass is 16.5. The minimum absolute atomic E-state index is 0.182. The third-order valence-electron chi connectivity index (χ3n) is 3.34. The second-order valence-corrected chi connectivity index (χ2v) is 4.89. The zero-order valence-corrected chi connectivity index (χ0v) is 10.0.